The molecule has 92 valence electrons. The van der Waals surface area contributed by atoms with Gasteiger partial charge in [0.1, 0.15) is 17.5 Å². The lowest BCUT2D eigenvalue weighted by molar-refractivity contribution is -0.138. The highest BCUT2D eigenvalue weighted by Crippen LogP contribution is 2.19. The SMILES string of the molecule is CCOC(=O)C(=C=O)CC(=C=O)c1ccccc1. The lowest BCUT2D eigenvalue weighted by atomic mass is 10.0. The molecule has 1 aromatic carbocycles. The van der Waals surface area contributed by atoms with E-state index in [0.717, 1.165) is 0 Å². The van der Waals surface area contributed by atoms with Crippen LogP contribution in [0.3, 0.4) is 0 Å². The van der Waals surface area contributed by atoms with Gasteiger partial charge in [0.2, 0.25) is 0 Å². The molecular formula is C14H12O4. The Morgan fingerprint density at radius 2 is 1.83 bits per heavy atom. The zero-order valence-electron chi connectivity index (χ0n) is 9.93. The lowest BCUT2D eigenvalue weighted by Crippen LogP contribution is -2.09. The van der Waals surface area contributed by atoms with Gasteiger partial charge in [-0.1, -0.05) is 30.3 Å². The normalized spacial score (nSPS) is 8.94. The summed E-state index contributed by atoms with van der Waals surface area (Å²) < 4.78 is 4.69. The Labute approximate surface area is 105 Å². The molecule has 0 N–H and O–H groups in total. The van der Waals surface area contributed by atoms with E-state index in [2.05, 4.69) is 0 Å². The molecule has 0 saturated heterocycles. The van der Waals surface area contributed by atoms with Crippen molar-refractivity contribution in [2.24, 2.45) is 0 Å². The Balaban J connectivity index is 2.91. The second-order valence-corrected chi connectivity index (χ2v) is 3.42. The van der Waals surface area contributed by atoms with E-state index >= 15 is 0 Å². The van der Waals surface area contributed by atoms with Crippen molar-refractivity contribution in [2.45, 2.75) is 13.3 Å². The van der Waals surface area contributed by atoms with Crippen molar-refractivity contribution >= 4 is 23.4 Å². The number of ether oxygens (including phenoxy) is 1. The molecule has 0 unspecified atom stereocenters. The van der Waals surface area contributed by atoms with E-state index in [0.29, 0.717) is 5.56 Å². The third kappa shape index (κ3) is 3.56. The maximum atomic E-state index is 11.4. The molecule has 0 heterocycles. The van der Waals surface area contributed by atoms with Gasteiger partial charge in [0.05, 0.1) is 6.61 Å². The van der Waals surface area contributed by atoms with Gasteiger partial charge in [0.25, 0.3) is 0 Å². The van der Waals surface area contributed by atoms with Gasteiger partial charge in [0.15, 0.2) is 0 Å². The van der Waals surface area contributed by atoms with Crippen molar-refractivity contribution in [1.82, 2.24) is 0 Å². The van der Waals surface area contributed by atoms with E-state index < -0.39 is 5.97 Å². The van der Waals surface area contributed by atoms with Crippen LogP contribution in [0.4, 0.5) is 0 Å². The average molecular weight is 244 g/mol. The highest BCUT2D eigenvalue weighted by atomic mass is 16.5. The van der Waals surface area contributed by atoms with E-state index in [4.69, 9.17) is 4.74 Å². The minimum absolute atomic E-state index is 0.129. The molecule has 0 fully saturated rings. The van der Waals surface area contributed by atoms with Crippen molar-refractivity contribution in [3.8, 4) is 0 Å². The molecule has 18 heavy (non-hydrogen) atoms. The zero-order chi connectivity index (χ0) is 13.4. The van der Waals surface area contributed by atoms with Crippen LogP contribution in [-0.4, -0.2) is 24.5 Å². The summed E-state index contributed by atoms with van der Waals surface area (Å²) in [5.74, 6) is 2.50. The molecule has 0 radical (unpaired) electrons. The average Bonchev–Trinajstić information content (AvgIpc) is 2.41. The first-order valence-corrected chi connectivity index (χ1v) is 5.43. The first-order chi connectivity index (χ1) is 8.72. The lowest BCUT2D eigenvalue weighted by Gasteiger charge is -2.04. The van der Waals surface area contributed by atoms with Crippen LogP contribution in [0, 0.1) is 0 Å². The Hall–Kier alpha value is -2.41. The summed E-state index contributed by atoms with van der Waals surface area (Å²) in [6, 6.07) is 8.71. The number of allylic oxidation sites excluding steroid dienone is 1. The fourth-order valence-corrected chi connectivity index (χ4v) is 1.38. The first kappa shape index (κ1) is 13.7. The monoisotopic (exact) mass is 244 g/mol. The smallest absolute Gasteiger partial charge is 0.345 e. The second kappa shape index (κ2) is 7.02. The van der Waals surface area contributed by atoms with E-state index in [-0.39, 0.29) is 24.2 Å². The van der Waals surface area contributed by atoms with Gasteiger partial charge in [-0.05, 0) is 12.5 Å². The number of rotatable bonds is 5. The van der Waals surface area contributed by atoms with E-state index in [9.17, 15) is 14.4 Å². The largest absolute Gasteiger partial charge is 0.462 e. The van der Waals surface area contributed by atoms with Crippen LogP contribution in [0.15, 0.2) is 35.9 Å². The van der Waals surface area contributed by atoms with Crippen molar-refractivity contribution in [3.05, 3.63) is 41.5 Å². The van der Waals surface area contributed by atoms with E-state index in [1.165, 1.54) is 5.94 Å². The Morgan fingerprint density at radius 1 is 1.17 bits per heavy atom. The van der Waals surface area contributed by atoms with Gasteiger partial charge in [-0.25, -0.2) is 14.4 Å². The predicted octanol–water partition coefficient (Wildman–Crippen LogP) is 1.61. The van der Waals surface area contributed by atoms with Crippen LogP contribution in [-0.2, 0) is 19.1 Å². The standard InChI is InChI=1S/C14H12O4/c1-2-18-14(17)13(10-16)8-12(9-15)11-6-4-3-5-7-11/h3-7H,2,8H2,1H3. The second-order valence-electron chi connectivity index (χ2n) is 3.42. The highest BCUT2D eigenvalue weighted by Gasteiger charge is 2.15. The molecule has 4 heteroatoms. The van der Waals surface area contributed by atoms with Crippen LogP contribution >= 0.6 is 0 Å². The fraction of sp³-hybridized carbons (Fsp3) is 0.214. The van der Waals surface area contributed by atoms with Crippen LogP contribution in [0.25, 0.3) is 5.57 Å². The summed E-state index contributed by atoms with van der Waals surface area (Å²) in [6.07, 6.45) is -0.129. The van der Waals surface area contributed by atoms with Crippen LogP contribution in [0.2, 0.25) is 0 Å². The molecule has 0 aromatic heterocycles. The van der Waals surface area contributed by atoms with Crippen LogP contribution in [0.5, 0.6) is 0 Å². The summed E-state index contributed by atoms with van der Waals surface area (Å²) in [7, 11) is 0. The zero-order valence-corrected chi connectivity index (χ0v) is 9.93. The van der Waals surface area contributed by atoms with Gasteiger partial charge in [-0.15, -0.1) is 0 Å². The van der Waals surface area contributed by atoms with E-state index in [1.54, 1.807) is 43.2 Å². The minimum Gasteiger partial charge on any atom is -0.462 e. The van der Waals surface area contributed by atoms with Crippen molar-refractivity contribution in [1.29, 1.82) is 0 Å². The maximum Gasteiger partial charge on any atom is 0.345 e. The number of hydrogen-bond donors (Lipinski definition) is 0. The van der Waals surface area contributed by atoms with Crippen molar-refractivity contribution < 1.29 is 19.1 Å². The molecule has 0 spiro atoms. The van der Waals surface area contributed by atoms with Gasteiger partial charge >= 0.3 is 5.97 Å². The molecule has 0 bridgehead atoms. The topological polar surface area (TPSA) is 60.4 Å². The summed E-state index contributed by atoms with van der Waals surface area (Å²) in [4.78, 5) is 33.0. The third-order valence-corrected chi connectivity index (χ3v) is 2.24. The molecule has 0 atom stereocenters. The predicted molar refractivity (Wildman–Crippen MR) is 66.0 cm³/mol. The Kier molecular flexibility index (Phi) is 5.33. The highest BCUT2D eigenvalue weighted by molar-refractivity contribution is 6.01. The van der Waals surface area contributed by atoms with Gasteiger partial charge in [-0.3, -0.25) is 0 Å². The number of esters is 1. The molecule has 4 nitrogen and oxygen atoms in total. The maximum absolute atomic E-state index is 11.4. The molecule has 0 aliphatic carbocycles. The van der Waals surface area contributed by atoms with Crippen molar-refractivity contribution in [3.63, 3.8) is 0 Å². The van der Waals surface area contributed by atoms with Gasteiger partial charge < -0.3 is 4.74 Å². The molecule has 1 aromatic rings. The summed E-state index contributed by atoms with van der Waals surface area (Å²) in [5, 5.41) is 0. The third-order valence-electron chi connectivity index (χ3n) is 2.24. The number of hydrogen-bond acceptors (Lipinski definition) is 4. The van der Waals surface area contributed by atoms with Gasteiger partial charge in [-0.2, -0.15) is 0 Å². The van der Waals surface area contributed by atoms with Gasteiger partial charge in [0, 0.05) is 12.0 Å². The molecular weight excluding hydrogens is 232 g/mol. The molecule has 1 rings (SSSR count). The Bertz CT molecular complexity index is 518. The minimum atomic E-state index is -0.754. The quantitative estimate of drug-likeness (QED) is 0.448. The molecule has 0 amide bonds. The fourth-order valence-electron chi connectivity index (χ4n) is 1.38. The number of benzene rings is 1. The van der Waals surface area contributed by atoms with E-state index in [1.807, 2.05) is 0 Å². The molecule has 0 aliphatic heterocycles. The molecule has 0 saturated carbocycles. The van der Waals surface area contributed by atoms with Crippen LogP contribution in [0.1, 0.15) is 18.9 Å². The summed E-state index contributed by atoms with van der Waals surface area (Å²) in [5.41, 5.74) is 0.630. The Morgan fingerprint density at radius 3 is 2.33 bits per heavy atom. The van der Waals surface area contributed by atoms with Crippen molar-refractivity contribution in [2.75, 3.05) is 6.61 Å². The number of carbonyl (C=O) groups is 1. The summed E-state index contributed by atoms with van der Waals surface area (Å²) >= 11 is 0. The van der Waals surface area contributed by atoms with Crippen LogP contribution < -0.4 is 0 Å². The first-order valence-electron chi connectivity index (χ1n) is 5.43. The summed E-state index contributed by atoms with van der Waals surface area (Å²) in [6.45, 7) is 1.80. The number of carbonyl (C=O) groups excluding carboxylic acids is 3. The molecule has 0 aliphatic rings.